The molecule has 228 valence electrons. The molecule has 0 radical (unpaired) electrons. The van der Waals surface area contributed by atoms with Crippen LogP contribution in [-0.4, -0.2) is 0 Å². The first-order valence-corrected chi connectivity index (χ1v) is 17.4. The molecule has 41 heavy (non-hydrogen) atoms. The molecule has 0 fully saturated rings. The van der Waals surface area contributed by atoms with Crippen molar-refractivity contribution in [2.75, 3.05) is 0 Å². The number of rotatable bonds is 21. The zero-order chi connectivity index (χ0) is 29.9. The van der Waals surface area contributed by atoms with Gasteiger partial charge < -0.3 is 0 Å². The maximum absolute atomic E-state index is 4.77. The molecule has 2 aromatic carbocycles. The van der Waals surface area contributed by atoms with Crippen LogP contribution >= 0.6 is 0 Å². The fourth-order valence-corrected chi connectivity index (χ4v) is 6.20. The largest absolute Gasteiger partial charge is 0.155 e. The highest BCUT2D eigenvalue weighted by molar-refractivity contribution is 5.57. The minimum Gasteiger partial charge on any atom is -0.155 e. The predicted octanol–water partition coefficient (Wildman–Crippen LogP) is 12.9. The van der Waals surface area contributed by atoms with Crippen molar-refractivity contribution < 1.29 is 0 Å². The average molecular weight is 559 g/mol. The summed E-state index contributed by atoms with van der Waals surface area (Å²) in [6.07, 6.45) is 24.8. The van der Waals surface area contributed by atoms with Crippen molar-refractivity contribution in [3.05, 3.63) is 68.9 Å². The number of aryl methyl sites for hydroxylation is 4. The molecule has 0 aliphatic heterocycles. The summed E-state index contributed by atoms with van der Waals surface area (Å²) in [6, 6.07) is 9.43. The first kappa shape index (κ1) is 35.0. The molecule has 0 bridgehead atoms. The lowest BCUT2D eigenvalue weighted by Crippen LogP contribution is -2.02. The third kappa shape index (κ3) is 12.3. The number of nitrogens with zero attached hydrogens (tertiary/aromatic N) is 2. The van der Waals surface area contributed by atoms with Gasteiger partial charge in [-0.3, -0.25) is 0 Å². The van der Waals surface area contributed by atoms with Crippen LogP contribution in [-0.2, 0) is 38.5 Å². The first-order valence-electron chi connectivity index (χ1n) is 17.4. The topological polar surface area (TPSA) is 24.7 Å². The van der Waals surface area contributed by atoms with Gasteiger partial charge in [0.1, 0.15) is 0 Å². The summed E-state index contributed by atoms with van der Waals surface area (Å²) in [5.41, 5.74) is 12.4. The summed E-state index contributed by atoms with van der Waals surface area (Å²) in [4.78, 5) is 0. The Morgan fingerprint density at radius 2 is 1.05 bits per heavy atom. The van der Waals surface area contributed by atoms with E-state index < -0.39 is 0 Å². The molecule has 0 aromatic heterocycles. The fraction of sp³-hybridized carbons (Fsp3) is 0.641. The second kappa shape index (κ2) is 20.6. The molecule has 0 unspecified atom stereocenters. The van der Waals surface area contributed by atoms with Crippen LogP contribution in [0.3, 0.4) is 0 Å². The van der Waals surface area contributed by atoms with Gasteiger partial charge in [-0.2, -0.15) is 10.2 Å². The number of benzene rings is 2. The van der Waals surface area contributed by atoms with Gasteiger partial charge in [-0.05, 0) is 122 Å². The standard InChI is InChI=1S/C39H62N2/c1-8-14-17-19-20-22-24-36-30-37(29-34(12-5)38(36)13-6)41-40-31(7)26-32-27-33(11-4)39(25-16-10-3)35(28-32)23-21-18-15-9-2/h26-30H,8-25H2,1-7H3. The van der Waals surface area contributed by atoms with Crippen LogP contribution in [0, 0.1) is 0 Å². The van der Waals surface area contributed by atoms with Crippen LogP contribution in [0.4, 0.5) is 5.69 Å². The molecule has 0 aliphatic carbocycles. The van der Waals surface area contributed by atoms with Crippen LogP contribution in [0.25, 0.3) is 6.08 Å². The Bertz CT molecular complexity index is 1080. The quantitative estimate of drug-likeness (QED) is 0.107. The summed E-state index contributed by atoms with van der Waals surface area (Å²) in [5.74, 6) is 0. The number of unbranched alkanes of at least 4 members (excludes halogenated alkanes) is 9. The highest BCUT2D eigenvalue weighted by Gasteiger charge is 2.11. The van der Waals surface area contributed by atoms with Crippen LogP contribution in [0.15, 0.2) is 40.2 Å². The van der Waals surface area contributed by atoms with Crippen molar-refractivity contribution in [2.24, 2.45) is 10.2 Å². The van der Waals surface area contributed by atoms with E-state index >= 15 is 0 Å². The fourth-order valence-electron chi connectivity index (χ4n) is 6.20. The Morgan fingerprint density at radius 3 is 1.66 bits per heavy atom. The summed E-state index contributed by atoms with van der Waals surface area (Å²) in [5, 5.41) is 9.49. The lowest BCUT2D eigenvalue weighted by Gasteiger charge is -2.16. The molecule has 2 aromatic rings. The van der Waals surface area contributed by atoms with Gasteiger partial charge >= 0.3 is 0 Å². The molecular formula is C39H62N2. The van der Waals surface area contributed by atoms with Crippen LogP contribution < -0.4 is 0 Å². The maximum Gasteiger partial charge on any atom is 0.0862 e. The lowest BCUT2D eigenvalue weighted by molar-refractivity contribution is 0.606. The van der Waals surface area contributed by atoms with E-state index in [1.165, 1.54) is 118 Å². The van der Waals surface area contributed by atoms with Crippen LogP contribution in [0.5, 0.6) is 0 Å². The minimum atomic E-state index is 0.973. The van der Waals surface area contributed by atoms with E-state index in [9.17, 15) is 0 Å². The summed E-state index contributed by atoms with van der Waals surface area (Å²) in [6.45, 7) is 15.8. The van der Waals surface area contributed by atoms with Gasteiger partial charge in [0.15, 0.2) is 0 Å². The number of allylic oxidation sites excluding steroid dienone is 1. The molecule has 0 aliphatic rings. The second-order valence-corrected chi connectivity index (χ2v) is 12.0. The van der Waals surface area contributed by atoms with Crippen molar-refractivity contribution in [3.8, 4) is 0 Å². The summed E-state index contributed by atoms with van der Waals surface area (Å²) < 4.78 is 0. The molecule has 0 N–H and O–H groups in total. The van der Waals surface area contributed by atoms with Crippen LogP contribution in [0.1, 0.15) is 164 Å². The monoisotopic (exact) mass is 558 g/mol. The molecule has 0 saturated carbocycles. The zero-order valence-corrected chi connectivity index (χ0v) is 28.0. The molecule has 0 amide bonds. The van der Waals surface area contributed by atoms with E-state index in [-0.39, 0.29) is 0 Å². The van der Waals surface area contributed by atoms with E-state index in [0.29, 0.717) is 0 Å². The van der Waals surface area contributed by atoms with Gasteiger partial charge in [0.25, 0.3) is 0 Å². The summed E-state index contributed by atoms with van der Waals surface area (Å²) >= 11 is 0. The van der Waals surface area contributed by atoms with Crippen molar-refractivity contribution in [2.45, 2.75) is 164 Å². The average Bonchev–Trinajstić information content (AvgIpc) is 2.98. The van der Waals surface area contributed by atoms with Gasteiger partial charge in [0, 0.05) is 0 Å². The molecule has 0 atom stereocenters. The van der Waals surface area contributed by atoms with Gasteiger partial charge in [0.2, 0.25) is 0 Å². The van der Waals surface area contributed by atoms with Gasteiger partial charge in [0.05, 0.1) is 11.4 Å². The van der Waals surface area contributed by atoms with Gasteiger partial charge in [-0.1, -0.05) is 111 Å². The van der Waals surface area contributed by atoms with Gasteiger partial charge in [-0.25, -0.2) is 0 Å². The van der Waals surface area contributed by atoms with Gasteiger partial charge in [-0.15, -0.1) is 0 Å². The Hall–Kier alpha value is -2.22. The number of hydrogen-bond donors (Lipinski definition) is 0. The maximum atomic E-state index is 4.77. The smallest absolute Gasteiger partial charge is 0.0862 e. The normalized spacial score (nSPS) is 12.1. The highest BCUT2D eigenvalue weighted by atomic mass is 15.1. The predicted molar refractivity (Wildman–Crippen MR) is 183 cm³/mol. The van der Waals surface area contributed by atoms with E-state index in [2.05, 4.69) is 78.8 Å². The Morgan fingerprint density at radius 1 is 0.537 bits per heavy atom. The molecule has 2 heteroatoms. The molecule has 2 rings (SSSR count). The SMILES string of the molecule is CCCCCCCCc1cc(N=NC(C)=Cc2cc(CC)c(CCCC)c(CCCCCC)c2)cc(CC)c1CC. The first-order chi connectivity index (χ1) is 20.0. The summed E-state index contributed by atoms with van der Waals surface area (Å²) in [7, 11) is 0. The minimum absolute atomic E-state index is 0.973. The molecular weight excluding hydrogens is 496 g/mol. The highest BCUT2D eigenvalue weighted by Crippen LogP contribution is 2.28. The van der Waals surface area contributed by atoms with E-state index in [1.807, 2.05) is 0 Å². The third-order valence-corrected chi connectivity index (χ3v) is 8.57. The molecule has 0 spiro atoms. The Kier molecular flexibility index (Phi) is 17.6. The molecule has 0 heterocycles. The Labute approximate surface area is 254 Å². The number of azo groups is 1. The molecule has 0 saturated heterocycles. The van der Waals surface area contributed by atoms with Crippen molar-refractivity contribution in [1.29, 1.82) is 0 Å². The Balaban J connectivity index is 2.27. The van der Waals surface area contributed by atoms with Crippen LogP contribution in [0.2, 0.25) is 0 Å². The van der Waals surface area contributed by atoms with E-state index in [1.54, 1.807) is 11.1 Å². The number of hydrogen-bond acceptors (Lipinski definition) is 2. The zero-order valence-electron chi connectivity index (χ0n) is 28.0. The van der Waals surface area contributed by atoms with E-state index in [0.717, 1.165) is 37.1 Å². The second-order valence-electron chi connectivity index (χ2n) is 12.0. The third-order valence-electron chi connectivity index (χ3n) is 8.57. The van der Waals surface area contributed by atoms with Crippen molar-refractivity contribution in [3.63, 3.8) is 0 Å². The molecule has 2 nitrogen and oxygen atoms in total. The van der Waals surface area contributed by atoms with E-state index in [4.69, 9.17) is 10.2 Å². The van der Waals surface area contributed by atoms with Crippen molar-refractivity contribution in [1.82, 2.24) is 0 Å². The lowest BCUT2D eigenvalue weighted by atomic mass is 9.89. The van der Waals surface area contributed by atoms with Crippen molar-refractivity contribution >= 4 is 11.8 Å².